The molecular formula is C45H87NO6Si3. The van der Waals surface area contributed by atoms with Crippen molar-refractivity contribution in [1.29, 1.82) is 0 Å². The molecule has 320 valence electrons. The fourth-order valence-electron chi connectivity index (χ4n) is 7.56. The van der Waals surface area contributed by atoms with E-state index in [2.05, 4.69) is 132 Å². The van der Waals surface area contributed by atoms with Crippen molar-refractivity contribution >= 4 is 36.8 Å². The van der Waals surface area contributed by atoms with Crippen molar-refractivity contribution in [3.63, 3.8) is 0 Å². The summed E-state index contributed by atoms with van der Waals surface area (Å²) in [5.41, 5.74) is 1.24. The molecule has 55 heavy (non-hydrogen) atoms. The Hall–Kier alpha value is -1.05. The molecule has 8 atom stereocenters. The van der Waals surface area contributed by atoms with Crippen LogP contribution in [0.25, 0.3) is 0 Å². The van der Waals surface area contributed by atoms with Gasteiger partial charge in [0.15, 0.2) is 25.0 Å². The second-order valence-electron chi connectivity index (χ2n) is 21.7. The third-order valence-electron chi connectivity index (χ3n) is 14.4. The maximum Gasteiger partial charge on any atom is 0.308 e. The highest BCUT2D eigenvalue weighted by Crippen LogP contribution is 2.49. The molecule has 0 aliphatic heterocycles. The summed E-state index contributed by atoms with van der Waals surface area (Å²) in [6, 6.07) is 0. The fraction of sp³-hybridized carbons (Fsp3) is 0.867. The van der Waals surface area contributed by atoms with Crippen LogP contribution in [-0.2, 0) is 23.2 Å². The number of hydrogen-bond acceptors (Lipinski definition) is 6. The molecule has 2 aliphatic carbocycles. The van der Waals surface area contributed by atoms with E-state index in [0.717, 1.165) is 44.9 Å². The molecule has 0 aromatic carbocycles. The van der Waals surface area contributed by atoms with Crippen LogP contribution >= 0.6 is 0 Å². The zero-order valence-electron chi connectivity index (χ0n) is 38.9. The molecule has 2 aliphatic rings. The van der Waals surface area contributed by atoms with Gasteiger partial charge in [0.25, 0.3) is 0 Å². The van der Waals surface area contributed by atoms with Crippen LogP contribution in [0.4, 0.5) is 0 Å². The van der Waals surface area contributed by atoms with Crippen LogP contribution < -0.4 is 5.32 Å². The van der Waals surface area contributed by atoms with Crippen molar-refractivity contribution < 1.29 is 28.0 Å². The number of ether oxygens (including phenoxy) is 1. The molecule has 0 aromatic heterocycles. The van der Waals surface area contributed by atoms with Gasteiger partial charge in [-0.2, -0.15) is 0 Å². The molecule has 0 radical (unpaired) electrons. The Kier molecular flexibility index (Phi) is 18.0. The van der Waals surface area contributed by atoms with Crippen molar-refractivity contribution in [3.05, 3.63) is 23.8 Å². The second kappa shape index (κ2) is 19.8. The zero-order chi connectivity index (χ0) is 42.4. The lowest BCUT2D eigenvalue weighted by molar-refractivity contribution is -0.159. The predicted octanol–water partition coefficient (Wildman–Crippen LogP) is 12.0. The molecule has 2 N–H and O–H groups in total. The van der Waals surface area contributed by atoms with Crippen LogP contribution in [0.5, 0.6) is 0 Å². The SMILES string of the molecule is CCCCNC(=O)C[C@@H](C[C@@H](CC[C@@H]1[C@@H]2C(=C[C@H](O[Si](C)(C)C(C)(C)C)C[C@@H]2OC(=O)[C@@H](C)CC)C=C[C@@H]1C)CC(C)(C)[Si](C)(C)O)O[Si](C)(C)C(C)(C)C. The van der Waals surface area contributed by atoms with Gasteiger partial charge in [-0.3, -0.25) is 9.59 Å². The molecule has 0 fully saturated rings. The van der Waals surface area contributed by atoms with Crippen LogP contribution in [0, 0.1) is 29.6 Å². The number of carbonyl (C=O) groups excluding carboxylic acids is 2. The van der Waals surface area contributed by atoms with Gasteiger partial charge in [-0.25, -0.2) is 0 Å². The highest BCUT2D eigenvalue weighted by molar-refractivity contribution is 6.74. The largest absolute Gasteiger partial charge is 0.461 e. The number of fused-ring (bicyclic) bond motifs is 1. The summed E-state index contributed by atoms with van der Waals surface area (Å²) in [4.78, 5) is 38.4. The highest BCUT2D eigenvalue weighted by Gasteiger charge is 2.47. The number of rotatable bonds is 20. The van der Waals surface area contributed by atoms with E-state index in [1.807, 2.05) is 13.8 Å². The number of nitrogens with one attached hydrogen (secondary N) is 1. The van der Waals surface area contributed by atoms with Gasteiger partial charge in [0.1, 0.15) is 6.10 Å². The van der Waals surface area contributed by atoms with Crippen molar-refractivity contribution in [2.75, 3.05) is 6.54 Å². The Balaban J connectivity index is 2.56. The quantitative estimate of drug-likeness (QED) is 0.0722. The van der Waals surface area contributed by atoms with Crippen LogP contribution in [-0.4, -0.2) is 66.5 Å². The number of unbranched alkanes of at least 4 members (excludes halogenated alkanes) is 1. The summed E-state index contributed by atoms with van der Waals surface area (Å²) in [5.74, 6) is 0.727. The first kappa shape index (κ1) is 50.1. The molecule has 0 unspecified atom stereocenters. The molecule has 0 aromatic rings. The summed E-state index contributed by atoms with van der Waals surface area (Å²) in [5, 5.41) is 3.03. The summed E-state index contributed by atoms with van der Waals surface area (Å²) in [6.07, 6.45) is 13.8. The molecule has 10 heteroatoms. The highest BCUT2D eigenvalue weighted by atomic mass is 28.4. The minimum atomic E-state index is -2.52. The number of esters is 1. The molecule has 0 saturated carbocycles. The van der Waals surface area contributed by atoms with Gasteiger partial charge in [0.05, 0.1) is 24.5 Å². The van der Waals surface area contributed by atoms with Gasteiger partial charge in [-0.15, -0.1) is 0 Å². The number of carbonyl (C=O) groups is 2. The molecular weight excluding hydrogens is 735 g/mol. The monoisotopic (exact) mass is 822 g/mol. The van der Waals surface area contributed by atoms with Gasteiger partial charge >= 0.3 is 5.97 Å². The van der Waals surface area contributed by atoms with E-state index < -0.39 is 25.0 Å². The topological polar surface area (TPSA) is 94.1 Å². The molecule has 7 nitrogen and oxygen atoms in total. The molecule has 0 saturated heterocycles. The summed E-state index contributed by atoms with van der Waals surface area (Å²) >= 11 is 0. The van der Waals surface area contributed by atoms with E-state index in [4.69, 9.17) is 13.6 Å². The lowest BCUT2D eigenvalue weighted by Gasteiger charge is -2.46. The van der Waals surface area contributed by atoms with Gasteiger partial charge in [-0.1, -0.05) is 114 Å². The molecule has 1 amide bonds. The first-order valence-corrected chi connectivity index (χ1v) is 30.7. The van der Waals surface area contributed by atoms with Crippen LogP contribution in [0.3, 0.4) is 0 Å². The van der Waals surface area contributed by atoms with E-state index >= 15 is 0 Å². The smallest absolute Gasteiger partial charge is 0.308 e. The third-order valence-corrected chi connectivity index (χ3v) is 26.9. The lowest BCUT2D eigenvalue weighted by Crippen LogP contribution is -2.48. The summed E-state index contributed by atoms with van der Waals surface area (Å²) in [7, 11) is -6.79. The Bertz CT molecular complexity index is 1300. The van der Waals surface area contributed by atoms with Crippen molar-refractivity contribution in [1.82, 2.24) is 5.32 Å². The van der Waals surface area contributed by atoms with Crippen molar-refractivity contribution in [2.24, 2.45) is 29.6 Å². The van der Waals surface area contributed by atoms with Crippen LogP contribution in [0.15, 0.2) is 23.8 Å². The molecule has 0 bridgehead atoms. The lowest BCUT2D eigenvalue weighted by atomic mass is 9.65. The minimum absolute atomic E-state index is 0.0141. The number of amides is 1. The summed E-state index contributed by atoms with van der Waals surface area (Å²) < 4.78 is 20.6. The molecule has 2 rings (SSSR count). The maximum atomic E-state index is 13.5. The predicted molar refractivity (Wildman–Crippen MR) is 240 cm³/mol. The van der Waals surface area contributed by atoms with E-state index in [1.54, 1.807) is 0 Å². The first-order chi connectivity index (χ1) is 25.0. The van der Waals surface area contributed by atoms with Crippen LogP contribution in [0.1, 0.15) is 141 Å². The first-order valence-electron chi connectivity index (χ1n) is 21.9. The normalized spacial score (nSPS) is 24.4. The number of hydrogen-bond donors (Lipinski definition) is 2. The third kappa shape index (κ3) is 14.3. The summed E-state index contributed by atoms with van der Waals surface area (Å²) in [6.45, 7) is 40.5. The maximum absolute atomic E-state index is 13.5. The zero-order valence-corrected chi connectivity index (χ0v) is 41.9. The van der Waals surface area contributed by atoms with Gasteiger partial charge in [0, 0.05) is 18.9 Å². The minimum Gasteiger partial charge on any atom is -0.461 e. The van der Waals surface area contributed by atoms with Crippen LogP contribution in [0.2, 0.25) is 54.4 Å². The Morgan fingerprint density at radius 1 is 0.964 bits per heavy atom. The van der Waals surface area contributed by atoms with Crippen molar-refractivity contribution in [2.45, 2.75) is 214 Å². The van der Waals surface area contributed by atoms with E-state index in [0.29, 0.717) is 25.3 Å². The number of allylic oxidation sites excluding steroid dienone is 2. The van der Waals surface area contributed by atoms with E-state index in [1.165, 1.54) is 5.57 Å². The fourth-order valence-corrected chi connectivity index (χ4v) is 11.0. The van der Waals surface area contributed by atoms with Gasteiger partial charge < -0.3 is 23.7 Å². The standard InChI is InChI=1S/C45H87NO6Si3/c1-19-21-26-46-40(47)30-36(51-54(15,16)43(5,6)7)27-34(31-45(11,12)53(13,14)49)23-25-38-33(4)22-24-35-28-37(52-55(17,18)44(8,9)10)29-39(41(35)38)50-42(48)32(3)20-2/h22,24,28,32-34,36-39,41,49H,19-21,23,25-27,29-31H2,1-18H3,(H,46,47)/t32-,33-,34+,36+,37-,38-,39-,41-/m0/s1. The Morgan fingerprint density at radius 3 is 2.09 bits per heavy atom. The Morgan fingerprint density at radius 2 is 1.56 bits per heavy atom. The van der Waals surface area contributed by atoms with Gasteiger partial charge in [-0.05, 0) is 110 Å². The van der Waals surface area contributed by atoms with E-state index in [-0.39, 0.29) is 69.0 Å². The average molecular weight is 822 g/mol. The molecule has 0 heterocycles. The average Bonchev–Trinajstić information content (AvgIpc) is 3.01. The van der Waals surface area contributed by atoms with E-state index in [9.17, 15) is 14.4 Å². The van der Waals surface area contributed by atoms with Gasteiger partial charge in [0.2, 0.25) is 5.91 Å². The Labute approximate surface area is 342 Å². The van der Waals surface area contributed by atoms with Crippen molar-refractivity contribution in [3.8, 4) is 0 Å². The molecule has 0 spiro atoms. The second-order valence-corrected chi connectivity index (χ2v) is 35.7.